The van der Waals surface area contributed by atoms with Gasteiger partial charge in [0.25, 0.3) is 5.91 Å². The molecule has 1 amide bonds. The van der Waals surface area contributed by atoms with Gasteiger partial charge in [-0.25, -0.2) is 4.98 Å². The number of amides is 1. The van der Waals surface area contributed by atoms with Crippen molar-refractivity contribution in [2.75, 3.05) is 20.2 Å². The van der Waals surface area contributed by atoms with Gasteiger partial charge < -0.3 is 14.8 Å². The third-order valence-electron chi connectivity index (χ3n) is 3.65. The predicted octanol–water partition coefficient (Wildman–Crippen LogP) is 1.79. The van der Waals surface area contributed by atoms with Crippen molar-refractivity contribution < 1.29 is 14.7 Å². The number of aromatic nitrogens is 1. The summed E-state index contributed by atoms with van der Waals surface area (Å²) in [5.41, 5.74) is 1.24. The van der Waals surface area contributed by atoms with Crippen molar-refractivity contribution in [2.24, 2.45) is 11.1 Å². The summed E-state index contributed by atoms with van der Waals surface area (Å²) in [4.78, 5) is 18.4. The fourth-order valence-electron chi connectivity index (χ4n) is 2.48. The first-order valence-electron chi connectivity index (χ1n) is 6.70. The van der Waals surface area contributed by atoms with Gasteiger partial charge in [0.15, 0.2) is 0 Å². The fourth-order valence-corrected chi connectivity index (χ4v) is 2.48. The van der Waals surface area contributed by atoms with Gasteiger partial charge in [0, 0.05) is 31.6 Å². The number of piperidine rings is 1. The molecule has 20 heavy (non-hydrogen) atoms. The van der Waals surface area contributed by atoms with E-state index < -0.39 is 0 Å². The molecule has 1 N–H and O–H groups in total. The third-order valence-corrected chi connectivity index (χ3v) is 3.65. The Morgan fingerprint density at radius 2 is 2.45 bits per heavy atom. The van der Waals surface area contributed by atoms with Crippen LogP contribution in [0.3, 0.4) is 0 Å². The minimum Gasteiger partial charge on any atom is -0.480 e. The smallest absolute Gasteiger partial charge is 0.259 e. The normalized spacial score (nSPS) is 21.0. The van der Waals surface area contributed by atoms with Gasteiger partial charge in [0.1, 0.15) is 5.56 Å². The van der Waals surface area contributed by atoms with E-state index >= 15 is 0 Å². The van der Waals surface area contributed by atoms with Crippen molar-refractivity contribution in [2.45, 2.75) is 19.8 Å². The first kappa shape index (κ1) is 14.3. The molecule has 0 saturated carbocycles. The quantitative estimate of drug-likeness (QED) is 0.675. The van der Waals surface area contributed by atoms with Crippen LogP contribution in [0.1, 0.15) is 30.1 Å². The molecule has 1 unspecified atom stereocenters. The molecule has 1 aliphatic rings. The number of nitrogens with zero attached hydrogens (tertiary/aromatic N) is 3. The van der Waals surface area contributed by atoms with E-state index in [-0.39, 0.29) is 11.8 Å². The van der Waals surface area contributed by atoms with Crippen LogP contribution in [0.5, 0.6) is 5.88 Å². The lowest BCUT2D eigenvalue weighted by Gasteiger charge is -2.33. The summed E-state index contributed by atoms with van der Waals surface area (Å²) < 4.78 is 5.13. The van der Waals surface area contributed by atoms with E-state index in [4.69, 9.17) is 9.94 Å². The Bertz CT molecular complexity index is 516. The maximum atomic E-state index is 12.5. The van der Waals surface area contributed by atoms with Crippen molar-refractivity contribution >= 4 is 11.6 Å². The first-order valence-corrected chi connectivity index (χ1v) is 6.70. The lowest BCUT2D eigenvalue weighted by molar-refractivity contribution is 0.0724. The number of oxime groups is 1. The second-order valence-corrected chi connectivity index (χ2v) is 4.76. The van der Waals surface area contributed by atoms with Crippen molar-refractivity contribution in [3.05, 3.63) is 23.9 Å². The van der Waals surface area contributed by atoms with Gasteiger partial charge in [-0.2, -0.15) is 0 Å². The number of carbonyl (C=O) groups is 1. The Morgan fingerprint density at radius 3 is 3.10 bits per heavy atom. The SMILES string of the molecule is CCC1CN(C(=O)c2cccnc2OC)CC/C1=N\O. The summed E-state index contributed by atoms with van der Waals surface area (Å²) in [6.45, 7) is 3.13. The summed E-state index contributed by atoms with van der Waals surface area (Å²) in [5.74, 6) is 0.359. The zero-order valence-corrected chi connectivity index (χ0v) is 11.7. The van der Waals surface area contributed by atoms with E-state index in [1.807, 2.05) is 6.92 Å². The zero-order valence-electron chi connectivity index (χ0n) is 11.7. The maximum absolute atomic E-state index is 12.5. The highest BCUT2D eigenvalue weighted by Gasteiger charge is 2.29. The van der Waals surface area contributed by atoms with E-state index in [2.05, 4.69) is 10.1 Å². The molecule has 0 spiro atoms. The lowest BCUT2D eigenvalue weighted by Crippen LogP contribution is -2.44. The molecular formula is C14H19N3O3. The van der Waals surface area contributed by atoms with Gasteiger partial charge in [-0.1, -0.05) is 12.1 Å². The van der Waals surface area contributed by atoms with Crippen LogP contribution in [0.2, 0.25) is 0 Å². The van der Waals surface area contributed by atoms with Crippen molar-refractivity contribution in [1.29, 1.82) is 0 Å². The maximum Gasteiger partial charge on any atom is 0.259 e. The molecule has 108 valence electrons. The largest absolute Gasteiger partial charge is 0.480 e. The van der Waals surface area contributed by atoms with Crippen molar-refractivity contribution in [3.8, 4) is 5.88 Å². The van der Waals surface area contributed by atoms with Crippen LogP contribution in [-0.4, -0.2) is 46.9 Å². The Balaban J connectivity index is 2.18. The molecule has 0 aliphatic carbocycles. The van der Waals surface area contributed by atoms with Gasteiger partial charge >= 0.3 is 0 Å². The van der Waals surface area contributed by atoms with Crippen LogP contribution in [0.4, 0.5) is 0 Å². The number of ether oxygens (including phenoxy) is 1. The standard InChI is InChI=1S/C14H19N3O3/c1-3-10-9-17(8-6-12(10)16-19)14(18)11-5-4-7-15-13(11)20-2/h4-5,7,10,19H,3,6,8-9H2,1-2H3/b16-12+. The monoisotopic (exact) mass is 277 g/mol. The minimum absolute atomic E-state index is 0.0922. The number of likely N-dealkylation sites (tertiary alicyclic amines) is 1. The van der Waals surface area contributed by atoms with Crippen LogP contribution >= 0.6 is 0 Å². The van der Waals surface area contributed by atoms with E-state index in [0.29, 0.717) is 31.0 Å². The van der Waals surface area contributed by atoms with Crippen LogP contribution in [0.25, 0.3) is 0 Å². The van der Waals surface area contributed by atoms with Crippen LogP contribution in [-0.2, 0) is 0 Å². The number of rotatable bonds is 3. The Hall–Kier alpha value is -2.11. The summed E-state index contributed by atoms with van der Waals surface area (Å²) in [5, 5.41) is 12.3. The molecule has 1 aromatic rings. The van der Waals surface area contributed by atoms with Gasteiger partial charge in [-0.15, -0.1) is 0 Å². The van der Waals surface area contributed by atoms with E-state index in [9.17, 15) is 4.79 Å². The minimum atomic E-state index is -0.0922. The second kappa shape index (κ2) is 6.36. The summed E-state index contributed by atoms with van der Waals surface area (Å²) >= 11 is 0. The molecule has 2 heterocycles. The molecule has 1 saturated heterocycles. The van der Waals surface area contributed by atoms with Gasteiger partial charge in [0.05, 0.1) is 12.8 Å². The first-order chi connectivity index (χ1) is 9.71. The van der Waals surface area contributed by atoms with Crippen LogP contribution in [0.15, 0.2) is 23.5 Å². The molecular weight excluding hydrogens is 258 g/mol. The number of methoxy groups -OCH3 is 1. The Kier molecular flexibility index (Phi) is 4.55. The Labute approximate surface area is 118 Å². The molecule has 0 radical (unpaired) electrons. The van der Waals surface area contributed by atoms with Gasteiger partial charge in [0.2, 0.25) is 5.88 Å². The molecule has 1 aromatic heterocycles. The highest BCUT2D eigenvalue weighted by Crippen LogP contribution is 2.22. The topological polar surface area (TPSA) is 75.0 Å². The Morgan fingerprint density at radius 1 is 1.65 bits per heavy atom. The average molecular weight is 277 g/mol. The molecule has 1 aliphatic heterocycles. The van der Waals surface area contributed by atoms with E-state index in [0.717, 1.165) is 12.1 Å². The number of hydrogen-bond donors (Lipinski definition) is 1. The van der Waals surface area contributed by atoms with Crippen LogP contribution in [0, 0.1) is 5.92 Å². The lowest BCUT2D eigenvalue weighted by atomic mass is 9.93. The van der Waals surface area contributed by atoms with Crippen LogP contribution < -0.4 is 4.74 Å². The average Bonchev–Trinajstić information content (AvgIpc) is 2.53. The second-order valence-electron chi connectivity index (χ2n) is 4.76. The third kappa shape index (κ3) is 2.74. The number of carbonyl (C=O) groups excluding carboxylic acids is 1. The molecule has 1 atom stereocenters. The summed E-state index contributed by atoms with van der Waals surface area (Å²) in [6.07, 6.45) is 3.04. The predicted molar refractivity (Wildman–Crippen MR) is 74.3 cm³/mol. The molecule has 6 nitrogen and oxygen atoms in total. The van der Waals surface area contributed by atoms with Gasteiger partial charge in [-0.05, 0) is 18.6 Å². The highest BCUT2D eigenvalue weighted by molar-refractivity contribution is 5.98. The molecule has 1 fully saturated rings. The van der Waals surface area contributed by atoms with Crippen molar-refractivity contribution in [1.82, 2.24) is 9.88 Å². The van der Waals surface area contributed by atoms with E-state index in [1.54, 1.807) is 23.2 Å². The van der Waals surface area contributed by atoms with Crippen molar-refractivity contribution in [3.63, 3.8) is 0 Å². The highest BCUT2D eigenvalue weighted by atomic mass is 16.5. The zero-order chi connectivity index (χ0) is 14.5. The molecule has 0 aromatic carbocycles. The van der Waals surface area contributed by atoms with E-state index in [1.165, 1.54) is 7.11 Å². The summed E-state index contributed by atoms with van der Waals surface area (Å²) in [7, 11) is 1.50. The fraction of sp³-hybridized carbons (Fsp3) is 0.500. The van der Waals surface area contributed by atoms with Gasteiger partial charge in [-0.3, -0.25) is 4.79 Å². The molecule has 0 bridgehead atoms. The number of pyridine rings is 1. The molecule has 6 heteroatoms. The molecule has 2 rings (SSSR count). The number of hydrogen-bond acceptors (Lipinski definition) is 5. The summed E-state index contributed by atoms with van der Waals surface area (Å²) in [6, 6.07) is 3.43.